The third-order valence-corrected chi connectivity index (χ3v) is 3.81. The Balaban J connectivity index is 2.18. The molecule has 110 valence electrons. The molecule has 1 aliphatic rings. The molecule has 1 heterocycles. The van der Waals surface area contributed by atoms with E-state index in [0.717, 1.165) is 32.2 Å². The number of carbonyl (C=O) groups excluding carboxylic acids is 1. The molecular weight excluding hydrogens is 256 g/mol. The Bertz CT molecular complexity index is 474. The maximum atomic E-state index is 12.6. The summed E-state index contributed by atoms with van der Waals surface area (Å²) in [6.45, 7) is 1.35. The van der Waals surface area contributed by atoms with Gasteiger partial charge in [-0.25, -0.2) is 0 Å². The molecule has 0 bridgehead atoms. The maximum Gasteiger partial charge on any atom is 0.254 e. The minimum Gasteiger partial charge on any atom is -0.504 e. The molecule has 0 spiro atoms. The molecule has 20 heavy (non-hydrogen) atoms. The number of ether oxygens (including phenoxy) is 1. The maximum absolute atomic E-state index is 12.6. The summed E-state index contributed by atoms with van der Waals surface area (Å²) in [5.41, 5.74) is 6.12. The lowest BCUT2D eigenvalue weighted by Gasteiger charge is -2.35. The molecule has 0 aliphatic carbocycles. The predicted octanol–water partition coefficient (Wildman–Crippen LogP) is 1.74. The average molecular weight is 278 g/mol. The van der Waals surface area contributed by atoms with Gasteiger partial charge in [-0.3, -0.25) is 4.79 Å². The number of likely N-dealkylation sites (tertiary alicyclic amines) is 1. The van der Waals surface area contributed by atoms with Crippen molar-refractivity contribution in [3.05, 3.63) is 23.8 Å². The van der Waals surface area contributed by atoms with Gasteiger partial charge in [0.05, 0.1) is 7.11 Å². The van der Waals surface area contributed by atoms with Gasteiger partial charge in [-0.2, -0.15) is 0 Å². The van der Waals surface area contributed by atoms with Crippen molar-refractivity contribution in [2.75, 3.05) is 20.2 Å². The van der Waals surface area contributed by atoms with Gasteiger partial charge in [0, 0.05) is 18.2 Å². The highest BCUT2D eigenvalue weighted by Crippen LogP contribution is 2.28. The van der Waals surface area contributed by atoms with E-state index >= 15 is 0 Å². The summed E-state index contributed by atoms with van der Waals surface area (Å²) in [6.07, 6.45) is 4.00. The van der Waals surface area contributed by atoms with E-state index in [0.29, 0.717) is 17.9 Å². The van der Waals surface area contributed by atoms with Gasteiger partial charge in [-0.1, -0.05) is 0 Å². The van der Waals surface area contributed by atoms with E-state index in [9.17, 15) is 9.90 Å². The summed E-state index contributed by atoms with van der Waals surface area (Å²) in [5, 5.41) is 9.79. The molecule has 0 radical (unpaired) electrons. The third-order valence-electron chi connectivity index (χ3n) is 3.81. The molecule has 1 saturated heterocycles. The molecule has 1 atom stereocenters. The van der Waals surface area contributed by atoms with Gasteiger partial charge in [0.1, 0.15) is 0 Å². The normalized spacial score (nSPS) is 18.9. The summed E-state index contributed by atoms with van der Waals surface area (Å²) < 4.78 is 4.99. The smallest absolute Gasteiger partial charge is 0.254 e. The molecule has 5 nitrogen and oxygen atoms in total. The Labute approximate surface area is 119 Å². The van der Waals surface area contributed by atoms with Crippen molar-refractivity contribution in [3.8, 4) is 11.5 Å². The number of benzene rings is 1. The van der Waals surface area contributed by atoms with E-state index in [2.05, 4.69) is 0 Å². The molecule has 5 heteroatoms. The number of methoxy groups -OCH3 is 1. The first-order chi connectivity index (χ1) is 9.67. The molecule has 1 fully saturated rings. The second kappa shape index (κ2) is 6.61. The standard InChI is InChI=1S/C15H22N2O3/c1-20-14-6-5-11(10-13(14)18)15(19)17-9-3-2-4-12(17)7-8-16/h5-6,10,12,18H,2-4,7-9,16H2,1H3. The zero-order valence-electron chi connectivity index (χ0n) is 11.8. The first-order valence-corrected chi connectivity index (χ1v) is 7.05. The lowest BCUT2D eigenvalue weighted by atomic mass is 9.98. The average Bonchev–Trinajstić information content (AvgIpc) is 2.47. The summed E-state index contributed by atoms with van der Waals surface area (Å²) in [6, 6.07) is 4.99. The van der Waals surface area contributed by atoms with Gasteiger partial charge >= 0.3 is 0 Å². The van der Waals surface area contributed by atoms with Crippen molar-refractivity contribution in [3.63, 3.8) is 0 Å². The summed E-state index contributed by atoms with van der Waals surface area (Å²) >= 11 is 0. The van der Waals surface area contributed by atoms with Gasteiger partial charge in [0.2, 0.25) is 0 Å². The molecule has 1 unspecified atom stereocenters. The molecule has 1 aromatic rings. The van der Waals surface area contributed by atoms with Crippen LogP contribution in [0.25, 0.3) is 0 Å². The van der Waals surface area contributed by atoms with E-state index < -0.39 is 0 Å². The van der Waals surface area contributed by atoms with Crippen LogP contribution in [0.5, 0.6) is 11.5 Å². The van der Waals surface area contributed by atoms with Crippen molar-refractivity contribution in [2.45, 2.75) is 31.7 Å². The van der Waals surface area contributed by atoms with Crippen molar-refractivity contribution in [1.82, 2.24) is 4.90 Å². The van der Waals surface area contributed by atoms with Gasteiger partial charge in [0.15, 0.2) is 11.5 Å². The first-order valence-electron chi connectivity index (χ1n) is 7.05. The van der Waals surface area contributed by atoms with Crippen LogP contribution in [0.2, 0.25) is 0 Å². The van der Waals surface area contributed by atoms with E-state index in [4.69, 9.17) is 10.5 Å². The van der Waals surface area contributed by atoms with Gasteiger partial charge in [-0.15, -0.1) is 0 Å². The molecular formula is C15H22N2O3. The van der Waals surface area contributed by atoms with Gasteiger partial charge < -0.3 is 20.5 Å². The number of aromatic hydroxyl groups is 1. The molecule has 1 aliphatic heterocycles. The minimum atomic E-state index is -0.0406. The molecule has 0 saturated carbocycles. The lowest BCUT2D eigenvalue weighted by molar-refractivity contribution is 0.0604. The fourth-order valence-corrected chi connectivity index (χ4v) is 2.75. The lowest BCUT2D eigenvalue weighted by Crippen LogP contribution is -2.44. The monoisotopic (exact) mass is 278 g/mol. The van der Waals surface area contributed by atoms with Crippen LogP contribution in [0.15, 0.2) is 18.2 Å². The first kappa shape index (κ1) is 14.7. The summed E-state index contributed by atoms with van der Waals surface area (Å²) in [4.78, 5) is 14.5. The number of carbonyl (C=O) groups is 1. The van der Waals surface area contributed by atoms with Crippen molar-refractivity contribution < 1.29 is 14.6 Å². The van der Waals surface area contributed by atoms with Gasteiger partial charge in [0.25, 0.3) is 5.91 Å². The fourth-order valence-electron chi connectivity index (χ4n) is 2.75. The Morgan fingerprint density at radius 2 is 2.30 bits per heavy atom. The summed E-state index contributed by atoms with van der Waals surface area (Å²) in [7, 11) is 1.48. The van der Waals surface area contributed by atoms with Crippen LogP contribution in [-0.4, -0.2) is 42.2 Å². The second-order valence-corrected chi connectivity index (χ2v) is 5.11. The highest BCUT2D eigenvalue weighted by molar-refractivity contribution is 5.95. The Morgan fingerprint density at radius 1 is 1.50 bits per heavy atom. The van der Waals surface area contributed by atoms with Crippen molar-refractivity contribution in [1.29, 1.82) is 0 Å². The Kier molecular flexibility index (Phi) is 4.84. The van der Waals surface area contributed by atoms with Crippen LogP contribution in [0.4, 0.5) is 0 Å². The highest BCUT2D eigenvalue weighted by Gasteiger charge is 2.27. The molecule has 2 rings (SSSR count). The van der Waals surface area contributed by atoms with E-state index in [1.807, 2.05) is 4.90 Å². The SMILES string of the molecule is COc1ccc(C(=O)N2CCCCC2CCN)cc1O. The number of rotatable bonds is 4. The molecule has 3 N–H and O–H groups in total. The predicted molar refractivity (Wildman–Crippen MR) is 77.0 cm³/mol. The van der Waals surface area contributed by atoms with E-state index in [-0.39, 0.29) is 17.7 Å². The zero-order valence-corrected chi connectivity index (χ0v) is 11.8. The minimum absolute atomic E-state index is 0.00858. The number of hydrogen-bond acceptors (Lipinski definition) is 4. The fraction of sp³-hybridized carbons (Fsp3) is 0.533. The molecule has 1 aromatic carbocycles. The Morgan fingerprint density at radius 3 is 2.95 bits per heavy atom. The van der Waals surface area contributed by atoms with Crippen LogP contribution < -0.4 is 10.5 Å². The van der Waals surface area contributed by atoms with E-state index in [1.54, 1.807) is 12.1 Å². The van der Waals surface area contributed by atoms with Crippen LogP contribution in [0.1, 0.15) is 36.0 Å². The third kappa shape index (κ3) is 3.04. The van der Waals surface area contributed by atoms with Crippen LogP contribution in [0, 0.1) is 0 Å². The van der Waals surface area contributed by atoms with Crippen LogP contribution in [-0.2, 0) is 0 Å². The number of amides is 1. The van der Waals surface area contributed by atoms with Crippen molar-refractivity contribution in [2.24, 2.45) is 5.73 Å². The number of nitrogens with zero attached hydrogens (tertiary/aromatic N) is 1. The second-order valence-electron chi connectivity index (χ2n) is 5.11. The van der Waals surface area contributed by atoms with Gasteiger partial charge in [-0.05, 0) is 50.4 Å². The largest absolute Gasteiger partial charge is 0.504 e. The summed E-state index contributed by atoms with van der Waals surface area (Å²) in [5.74, 6) is 0.325. The molecule has 0 aromatic heterocycles. The number of nitrogens with two attached hydrogens (primary N) is 1. The Hall–Kier alpha value is -1.75. The highest BCUT2D eigenvalue weighted by atomic mass is 16.5. The zero-order chi connectivity index (χ0) is 14.5. The number of piperidine rings is 1. The number of phenolic OH excluding ortho intramolecular Hbond substituents is 1. The van der Waals surface area contributed by atoms with Crippen LogP contribution in [0.3, 0.4) is 0 Å². The number of hydrogen-bond donors (Lipinski definition) is 2. The van der Waals surface area contributed by atoms with E-state index in [1.165, 1.54) is 13.2 Å². The number of phenols is 1. The quantitative estimate of drug-likeness (QED) is 0.879. The van der Waals surface area contributed by atoms with Crippen LogP contribution >= 0.6 is 0 Å². The molecule has 1 amide bonds. The van der Waals surface area contributed by atoms with Crippen molar-refractivity contribution >= 4 is 5.91 Å². The topological polar surface area (TPSA) is 75.8 Å².